The van der Waals surface area contributed by atoms with Gasteiger partial charge in [0, 0.05) is 36.0 Å². The van der Waals surface area contributed by atoms with Crippen molar-refractivity contribution in [1.29, 1.82) is 0 Å². The molecule has 0 bridgehead atoms. The standard InChI is InChI=1S/C23H26N4O3S/c1-16-8-13-19(31(2,29)30)15-20(16)23(28)24-18-11-9-17(10-12-18)22-26-25-21-7-5-3-4-6-14-27(21)22/h8-13,15H,3-7,14H2,1-2H3,(H,24,28). The van der Waals surface area contributed by atoms with Crippen LogP contribution in [0.3, 0.4) is 0 Å². The van der Waals surface area contributed by atoms with Gasteiger partial charge in [0.25, 0.3) is 5.91 Å². The molecule has 2 aromatic carbocycles. The van der Waals surface area contributed by atoms with Crippen molar-refractivity contribution in [3.63, 3.8) is 0 Å². The fraction of sp³-hybridized carbons (Fsp3) is 0.348. The predicted octanol–water partition coefficient (Wildman–Crippen LogP) is 4.03. The molecule has 1 aliphatic rings. The van der Waals surface area contributed by atoms with Crippen molar-refractivity contribution in [2.45, 2.75) is 50.5 Å². The minimum absolute atomic E-state index is 0.127. The second-order valence-electron chi connectivity index (χ2n) is 8.04. The molecular weight excluding hydrogens is 412 g/mol. The number of amides is 1. The van der Waals surface area contributed by atoms with Gasteiger partial charge in [-0.3, -0.25) is 4.79 Å². The van der Waals surface area contributed by atoms with E-state index >= 15 is 0 Å². The summed E-state index contributed by atoms with van der Waals surface area (Å²) in [4.78, 5) is 12.9. The molecule has 8 heteroatoms. The summed E-state index contributed by atoms with van der Waals surface area (Å²) in [5, 5.41) is 11.6. The highest BCUT2D eigenvalue weighted by Gasteiger charge is 2.17. The van der Waals surface area contributed by atoms with E-state index in [1.54, 1.807) is 13.0 Å². The molecule has 162 valence electrons. The molecule has 1 aliphatic heterocycles. The van der Waals surface area contributed by atoms with Crippen molar-refractivity contribution in [3.8, 4) is 11.4 Å². The molecule has 0 radical (unpaired) electrons. The summed E-state index contributed by atoms with van der Waals surface area (Å²) < 4.78 is 25.9. The average Bonchev–Trinajstić information content (AvgIpc) is 3.09. The molecule has 3 aromatic rings. The lowest BCUT2D eigenvalue weighted by Crippen LogP contribution is -2.14. The van der Waals surface area contributed by atoms with E-state index < -0.39 is 9.84 Å². The van der Waals surface area contributed by atoms with Crippen LogP contribution in [-0.4, -0.2) is 35.3 Å². The van der Waals surface area contributed by atoms with Gasteiger partial charge in [0.15, 0.2) is 15.7 Å². The minimum atomic E-state index is -3.39. The number of nitrogens with one attached hydrogen (secondary N) is 1. The van der Waals surface area contributed by atoms with Crippen LogP contribution in [0.5, 0.6) is 0 Å². The maximum atomic E-state index is 12.8. The molecule has 0 atom stereocenters. The molecule has 0 spiro atoms. The first kappa shape index (κ1) is 21.2. The third kappa shape index (κ3) is 4.69. The molecule has 0 unspecified atom stereocenters. The third-order valence-electron chi connectivity index (χ3n) is 5.64. The number of benzene rings is 2. The quantitative estimate of drug-likeness (QED) is 0.664. The number of hydrogen-bond acceptors (Lipinski definition) is 5. The zero-order valence-corrected chi connectivity index (χ0v) is 18.6. The van der Waals surface area contributed by atoms with E-state index in [0.717, 1.165) is 49.3 Å². The molecular formula is C23H26N4O3S. The number of hydrogen-bond donors (Lipinski definition) is 1. The zero-order valence-electron chi connectivity index (χ0n) is 17.8. The number of nitrogens with zero attached hydrogens (tertiary/aromatic N) is 3. The highest BCUT2D eigenvalue weighted by atomic mass is 32.2. The largest absolute Gasteiger partial charge is 0.322 e. The molecule has 7 nitrogen and oxygen atoms in total. The van der Waals surface area contributed by atoms with Gasteiger partial charge in [-0.05, 0) is 61.7 Å². The fourth-order valence-electron chi connectivity index (χ4n) is 3.85. The first-order chi connectivity index (χ1) is 14.8. The number of aryl methyl sites for hydroxylation is 2. The van der Waals surface area contributed by atoms with E-state index in [4.69, 9.17) is 0 Å². The topological polar surface area (TPSA) is 93.9 Å². The van der Waals surface area contributed by atoms with E-state index in [1.807, 2.05) is 24.3 Å². The molecule has 1 amide bonds. The molecule has 1 N–H and O–H groups in total. The number of carbonyl (C=O) groups is 1. The summed E-state index contributed by atoms with van der Waals surface area (Å²) in [6.07, 6.45) is 6.81. The van der Waals surface area contributed by atoms with E-state index in [0.29, 0.717) is 16.8 Å². The van der Waals surface area contributed by atoms with E-state index in [-0.39, 0.29) is 10.8 Å². The Morgan fingerprint density at radius 3 is 2.48 bits per heavy atom. The Kier molecular flexibility index (Phi) is 5.91. The van der Waals surface area contributed by atoms with Gasteiger partial charge in [0.2, 0.25) is 0 Å². The molecule has 1 aromatic heterocycles. The number of rotatable bonds is 4. The number of anilines is 1. The number of carbonyl (C=O) groups excluding carboxylic acids is 1. The SMILES string of the molecule is Cc1ccc(S(C)(=O)=O)cc1C(=O)Nc1ccc(-c2nnc3n2CCCCCC3)cc1. The summed E-state index contributed by atoms with van der Waals surface area (Å²) >= 11 is 0. The Morgan fingerprint density at radius 2 is 1.74 bits per heavy atom. The highest BCUT2D eigenvalue weighted by Crippen LogP contribution is 2.24. The smallest absolute Gasteiger partial charge is 0.255 e. The Hall–Kier alpha value is -3.00. The van der Waals surface area contributed by atoms with Gasteiger partial charge in [0.1, 0.15) is 5.82 Å². The van der Waals surface area contributed by atoms with Crippen molar-refractivity contribution < 1.29 is 13.2 Å². The fourth-order valence-corrected chi connectivity index (χ4v) is 4.50. The van der Waals surface area contributed by atoms with Gasteiger partial charge >= 0.3 is 0 Å². The van der Waals surface area contributed by atoms with Crippen LogP contribution >= 0.6 is 0 Å². The lowest BCUT2D eigenvalue weighted by Gasteiger charge is -2.14. The summed E-state index contributed by atoms with van der Waals surface area (Å²) in [6.45, 7) is 2.70. The van der Waals surface area contributed by atoms with Gasteiger partial charge in [-0.2, -0.15) is 0 Å². The Bertz CT molecular complexity index is 1210. The second-order valence-corrected chi connectivity index (χ2v) is 10.1. The first-order valence-electron chi connectivity index (χ1n) is 10.5. The molecule has 0 saturated carbocycles. The molecule has 0 aliphatic carbocycles. The van der Waals surface area contributed by atoms with Crippen molar-refractivity contribution in [3.05, 3.63) is 59.4 Å². The van der Waals surface area contributed by atoms with Gasteiger partial charge in [-0.25, -0.2) is 8.42 Å². The Morgan fingerprint density at radius 1 is 1.00 bits per heavy atom. The maximum Gasteiger partial charge on any atom is 0.255 e. The second kappa shape index (κ2) is 8.63. The zero-order chi connectivity index (χ0) is 22.0. The van der Waals surface area contributed by atoms with Crippen LogP contribution in [0.1, 0.15) is 47.4 Å². The maximum absolute atomic E-state index is 12.8. The van der Waals surface area contributed by atoms with E-state index in [2.05, 4.69) is 20.1 Å². The highest BCUT2D eigenvalue weighted by molar-refractivity contribution is 7.90. The van der Waals surface area contributed by atoms with Crippen LogP contribution in [0.15, 0.2) is 47.4 Å². The monoisotopic (exact) mass is 438 g/mol. The minimum Gasteiger partial charge on any atom is -0.322 e. The van der Waals surface area contributed by atoms with E-state index in [1.165, 1.54) is 25.0 Å². The van der Waals surface area contributed by atoms with Crippen LogP contribution in [-0.2, 0) is 22.8 Å². The Labute approximate surface area is 182 Å². The molecule has 0 saturated heterocycles. The van der Waals surface area contributed by atoms with Crippen molar-refractivity contribution in [1.82, 2.24) is 14.8 Å². The van der Waals surface area contributed by atoms with Crippen molar-refractivity contribution in [2.75, 3.05) is 11.6 Å². The summed E-state index contributed by atoms with van der Waals surface area (Å²) in [7, 11) is -3.39. The van der Waals surface area contributed by atoms with Gasteiger partial charge in [-0.15, -0.1) is 10.2 Å². The summed E-state index contributed by atoms with van der Waals surface area (Å²) in [6, 6.07) is 12.1. The lowest BCUT2D eigenvalue weighted by atomic mass is 10.1. The predicted molar refractivity (Wildman–Crippen MR) is 120 cm³/mol. The number of fused-ring (bicyclic) bond motifs is 1. The Balaban J connectivity index is 1.54. The van der Waals surface area contributed by atoms with Crippen LogP contribution < -0.4 is 5.32 Å². The van der Waals surface area contributed by atoms with E-state index in [9.17, 15) is 13.2 Å². The summed E-state index contributed by atoms with van der Waals surface area (Å²) in [5.41, 5.74) is 2.63. The first-order valence-corrected chi connectivity index (χ1v) is 12.4. The van der Waals surface area contributed by atoms with Gasteiger partial charge in [0.05, 0.1) is 4.90 Å². The lowest BCUT2D eigenvalue weighted by molar-refractivity contribution is 0.102. The van der Waals surface area contributed by atoms with Crippen molar-refractivity contribution in [2.24, 2.45) is 0 Å². The normalized spacial score (nSPS) is 14.4. The molecule has 2 heterocycles. The van der Waals surface area contributed by atoms with Crippen LogP contribution in [0.25, 0.3) is 11.4 Å². The number of sulfone groups is 1. The van der Waals surface area contributed by atoms with Crippen molar-refractivity contribution >= 4 is 21.4 Å². The molecule has 31 heavy (non-hydrogen) atoms. The molecule has 0 fully saturated rings. The van der Waals surface area contributed by atoms with Gasteiger partial charge < -0.3 is 9.88 Å². The number of aromatic nitrogens is 3. The summed E-state index contributed by atoms with van der Waals surface area (Å²) in [5.74, 6) is 1.54. The third-order valence-corrected chi connectivity index (χ3v) is 6.75. The van der Waals surface area contributed by atoms with Crippen LogP contribution in [0, 0.1) is 6.92 Å². The molecule has 4 rings (SSSR count). The van der Waals surface area contributed by atoms with Crippen LogP contribution in [0.4, 0.5) is 5.69 Å². The van der Waals surface area contributed by atoms with Crippen LogP contribution in [0.2, 0.25) is 0 Å². The average molecular weight is 439 g/mol. The van der Waals surface area contributed by atoms with Gasteiger partial charge in [-0.1, -0.05) is 18.9 Å².